The van der Waals surface area contributed by atoms with Gasteiger partial charge in [0, 0.05) is 18.6 Å². The minimum atomic E-state index is -0.833. The van der Waals surface area contributed by atoms with Crippen molar-refractivity contribution in [3.05, 3.63) is 36.5 Å². The summed E-state index contributed by atoms with van der Waals surface area (Å²) in [6.07, 6.45) is 4.59. The molecule has 3 nitrogen and oxygen atoms in total. The van der Waals surface area contributed by atoms with Crippen LogP contribution in [0.3, 0.4) is 0 Å². The van der Waals surface area contributed by atoms with E-state index in [9.17, 15) is 0 Å². The standard InChI is InChI=1S/C8H7N.C4H10.C2H4O2/c1-2-4-8-7(3-1)5-6-9-8;1-3-4-2;1-2(3)4/h1-6,9H;3-4H2,1-2H3;1H3,(H,3,4). The van der Waals surface area contributed by atoms with Crippen LogP contribution in [0.25, 0.3) is 10.9 Å². The molecular formula is C14H21NO2. The van der Waals surface area contributed by atoms with E-state index in [-0.39, 0.29) is 0 Å². The second-order valence-electron chi connectivity index (χ2n) is 3.58. The highest BCUT2D eigenvalue weighted by atomic mass is 16.4. The van der Waals surface area contributed by atoms with Crippen LogP contribution in [0.15, 0.2) is 36.5 Å². The number of rotatable bonds is 1. The average molecular weight is 235 g/mol. The number of unbranched alkanes of at least 4 members (excludes halogenated alkanes) is 1. The van der Waals surface area contributed by atoms with E-state index < -0.39 is 5.97 Å². The maximum absolute atomic E-state index is 9.00. The fraction of sp³-hybridized carbons (Fsp3) is 0.357. The Bertz CT molecular complexity index is 385. The number of fused-ring (bicyclic) bond motifs is 1. The Morgan fingerprint density at radius 3 is 2.18 bits per heavy atom. The molecule has 0 aliphatic rings. The lowest BCUT2D eigenvalue weighted by atomic mass is 10.3. The lowest BCUT2D eigenvalue weighted by molar-refractivity contribution is -0.134. The van der Waals surface area contributed by atoms with Crippen LogP contribution in [0.2, 0.25) is 0 Å². The number of hydrogen-bond donors (Lipinski definition) is 2. The molecule has 2 aromatic rings. The van der Waals surface area contributed by atoms with Crippen LogP contribution in [0.4, 0.5) is 0 Å². The summed E-state index contributed by atoms with van der Waals surface area (Å²) in [6.45, 7) is 5.44. The SMILES string of the molecule is CC(=O)O.CCCC.c1ccc2[nH]ccc2c1. The summed E-state index contributed by atoms with van der Waals surface area (Å²) in [5.74, 6) is -0.833. The summed E-state index contributed by atoms with van der Waals surface area (Å²) in [6, 6.07) is 10.3. The largest absolute Gasteiger partial charge is 0.481 e. The number of carboxylic acid groups (broad SMARTS) is 1. The minimum absolute atomic E-state index is 0.833. The quantitative estimate of drug-likeness (QED) is 0.783. The third kappa shape index (κ3) is 8.08. The van der Waals surface area contributed by atoms with Gasteiger partial charge in [-0.05, 0) is 17.5 Å². The molecule has 0 radical (unpaired) electrons. The Morgan fingerprint density at radius 1 is 1.18 bits per heavy atom. The number of hydrogen-bond acceptors (Lipinski definition) is 1. The lowest BCUT2D eigenvalue weighted by Gasteiger charge is -1.83. The van der Waals surface area contributed by atoms with Crippen molar-refractivity contribution >= 4 is 16.9 Å². The molecule has 0 saturated heterocycles. The maximum atomic E-state index is 9.00. The Labute approximate surface area is 102 Å². The zero-order valence-electron chi connectivity index (χ0n) is 10.7. The first-order valence-electron chi connectivity index (χ1n) is 5.83. The number of carbonyl (C=O) groups is 1. The van der Waals surface area contributed by atoms with Crippen molar-refractivity contribution in [1.82, 2.24) is 4.98 Å². The summed E-state index contributed by atoms with van der Waals surface area (Å²) in [4.78, 5) is 12.1. The molecular weight excluding hydrogens is 214 g/mol. The van der Waals surface area contributed by atoms with Gasteiger partial charge in [0.25, 0.3) is 5.97 Å². The Balaban J connectivity index is 0.000000274. The van der Waals surface area contributed by atoms with E-state index in [0.717, 1.165) is 6.92 Å². The van der Waals surface area contributed by atoms with Gasteiger partial charge < -0.3 is 10.1 Å². The number of H-pyrrole nitrogens is 1. The summed E-state index contributed by atoms with van der Waals surface area (Å²) in [5, 5.41) is 8.69. The Kier molecular flexibility index (Phi) is 8.47. The number of benzene rings is 1. The highest BCUT2D eigenvalue weighted by Gasteiger charge is 1.86. The van der Waals surface area contributed by atoms with Crippen LogP contribution in [-0.4, -0.2) is 16.1 Å². The molecule has 0 spiro atoms. The molecule has 2 N–H and O–H groups in total. The molecule has 0 atom stereocenters. The third-order valence-corrected chi connectivity index (χ3v) is 1.96. The topological polar surface area (TPSA) is 53.1 Å². The predicted molar refractivity (Wildman–Crippen MR) is 72.2 cm³/mol. The van der Waals surface area contributed by atoms with Crippen molar-refractivity contribution in [2.45, 2.75) is 33.6 Å². The van der Waals surface area contributed by atoms with E-state index in [1.807, 2.05) is 18.3 Å². The molecule has 0 unspecified atom stereocenters. The average Bonchev–Trinajstić information content (AvgIpc) is 2.76. The highest BCUT2D eigenvalue weighted by Crippen LogP contribution is 2.09. The van der Waals surface area contributed by atoms with Gasteiger partial charge in [-0.15, -0.1) is 0 Å². The number of para-hydroxylation sites is 1. The monoisotopic (exact) mass is 235 g/mol. The predicted octanol–water partition coefficient (Wildman–Crippen LogP) is 4.07. The van der Waals surface area contributed by atoms with Crippen molar-refractivity contribution in [2.24, 2.45) is 0 Å². The second kappa shape index (κ2) is 9.46. The Hall–Kier alpha value is -1.77. The van der Waals surface area contributed by atoms with Crippen LogP contribution < -0.4 is 0 Å². The van der Waals surface area contributed by atoms with Gasteiger partial charge in [0.05, 0.1) is 0 Å². The number of aromatic nitrogens is 1. The molecule has 1 aromatic heterocycles. The number of nitrogens with one attached hydrogen (secondary N) is 1. The van der Waals surface area contributed by atoms with Crippen molar-refractivity contribution in [2.75, 3.05) is 0 Å². The van der Waals surface area contributed by atoms with Gasteiger partial charge in [0.15, 0.2) is 0 Å². The van der Waals surface area contributed by atoms with Gasteiger partial charge in [0.2, 0.25) is 0 Å². The fourth-order valence-corrected chi connectivity index (χ4v) is 0.995. The van der Waals surface area contributed by atoms with E-state index in [4.69, 9.17) is 9.90 Å². The lowest BCUT2D eigenvalue weighted by Crippen LogP contribution is -1.78. The van der Waals surface area contributed by atoms with Crippen molar-refractivity contribution in [1.29, 1.82) is 0 Å². The van der Waals surface area contributed by atoms with E-state index in [1.165, 1.54) is 23.7 Å². The van der Waals surface area contributed by atoms with Gasteiger partial charge in [-0.1, -0.05) is 44.9 Å². The van der Waals surface area contributed by atoms with E-state index in [1.54, 1.807) is 0 Å². The number of aromatic amines is 1. The molecule has 17 heavy (non-hydrogen) atoms. The van der Waals surface area contributed by atoms with Crippen molar-refractivity contribution in [3.63, 3.8) is 0 Å². The maximum Gasteiger partial charge on any atom is 0.300 e. The smallest absolute Gasteiger partial charge is 0.300 e. The van der Waals surface area contributed by atoms with Gasteiger partial charge in [0.1, 0.15) is 0 Å². The van der Waals surface area contributed by atoms with Crippen LogP contribution in [0.5, 0.6) is 0 Å². The van der Waals surface area contributed by atoms with Gasteiger partial charge >= 0.3 is 0 Å². The second-order valence-corrected chi connectivity index (χ2v) is 3.58. The van der Waals surface area contributed by atoms with Crippen LogP contribution >= 0.6 is 0 Å². The number of aliphatic carboxylic acids is 1. The molecule has 0 fully saturated rings. The van der Waals surface area contributed by atoms with Crippen LogP contribution in [-0.2, 0) is 4.79 Å². The molecule has 0 aliphatic carbocycles. The summed E-state index contributed by atoms with van der Waals surface area (Å²) in [7, 11) is 0. The van der Waals surface area contributed by atoms with Gasteiger partial charge in [-0.25, -0.2) is 0 Å². The van der Waals surface area contributed by atoms with E-state index in [0.29, 0.717) is 0 Å². The van der Waals surface area contributed by atoms with E-state index in [2.05, 4.69) is 37.0 Å². The highest BCUT2D eigenvalue weighted by molar-refractivity contribution is 5.78. The molecule has 0 amide bonds. The number of carboxylic acids is 1. The van der Waals surface area contributed by atoms with Crippen LogP contribution in [0, 0.1) is 0 Å². The molecule has 1 aromatic carbocycles. The first kappa shape index (κ1) is 15.2. The zero-order chi connectivity index (χ0) is 13.1. The van der Waals surface area contributed by atoms with Gasteiger partial charge in [-0.3, -0.25) is 4.79 Å². The minimum Gasteiger partial charge on any atom is -0.481 e. The normalized spacial score (nSPS) is 8.65. The Morgan fingerprint density at radius 2 is 1.71 bits per heavy atom. The molecule has 0 aliphatic heterocycles. The summed E-state index contributed by atoms with van der Waals surface area (Å²) >= 11 is 0. The zero-order valence-corrected chi connectivity index (χ0v) is 10.7. The molecule has 1 heterocycles. The molecule has 0 saturated carbocycles. The van der Waals surface area contributed by atoms with Crippen molar-refractivity contribution in [3.8, 4) is 0 Å². The first-order chi connectivity index (χ1) is 8.11. The first-order valence-corrected chi connectivity index (χ1v) is 5.83. The molecule has 2 rings (SSSR count). The van der Waals surface area contributed by atoms with Crippen molar-refractivity contribution < 1.29 is 9.90 Å². The molecule has 0 bridgehead atoms. The van der Waals surface area contributed by atoms with Gasteiger partial charge in [-0.2, -0.15) is 0 Å². The van der Waals surface area contributed by atoms with Crippen LogP contribution in [0.1, 0.15) is 33.6 Å². The van der Waals surface area contributed by atoms with E-state index >= 15 is 0 Å². The summed E-state index contributed by atoms with van der Waals surface area (Å²) in [5.41, 5.74) is 1.21. The summed E-state index contributed by atoms with van der Waals surface area (Å²) < 4.78 is 0. The molecule has 3 heteroatoms. The third-order valence-electron chi connectivity index (χ3n) is 1.96. The molecule has 94 valence electrons. The fourth-order valence-electron chi connectivity index (χ4n) is 0.995.